The van der Waals surface area contributed by atoms with Gasteiger partial charge in [-0.05, 0) is 66.3 Å². The highest BCUT2D eigenvalue weighted by Gasteiger charge is 2.27. The Labute approximate surface area is 193 Å². The molecule has 5 heteroatoms. The summed E-state index contributed by atoms with van der Waals surface area (Å²) in [6.45, 7) is 3.53. The van der Waals surface area contributed by atoms with Gasteiger partial charge in [-0.25, -0.2) is 4.39 Å². The first-order valence-electron chi connectivity index (χ1n) is 11.3. The van der Waals surface area contributed by atoms with Gasteiger partial charge >= 0.3 is 0 Å². The molecule has 0 spiro atoms. The zero-order valence-corrected chi connectivity index (χ0v) is 18.6. The van der Waals surface area contributed by atoms with Crippen LogP contribution in [0.2, 0.25) is 0 Å². The highest BCUT2D eigenvalue weighted by atomic mass is 19.1. The quantitative estimate of drug-likeness (QED) is 0.411. The lowest BCUT2D eigenvalue weighted by atomic mass is 9.88. The summed E-state index contributed by atoms with van der Waals surface area (Å²) >= 11 is 0. The number of aryl methyl sites for hydroxylation is 1. The zero-order chi connectivity index (χ0) is 22.8. The number of H-pyrrole nitrogens is 1. The Morgan fingerprint density at radius 3 is 2.45 bits per heavy atom. The van der Waals surface area contributed by atoms with Crippen LogP contribution in [0.1, 0.15) is 40.4 Å². The lowest BCUT2D eigenvalue weighted by Crippen LogP contribution is -2.38. The summed E-state index contributed by atoms with van der Waals surface area (Å²) in [6.07, 6.45) is 3.70. The molecule has 1 N–H and O–H groups in total. The number of piperidine rings is 1. The van der Waals surface area contributed by atoms with Gasteiger partial charge in [0.1, 0.15) is 5.82 Å². The maximum Gasteiger partial charge on any atom is 0.253 e. The van der Waals surface area contributed by atoms with Crippen molar-refractivity contribution < 1.29 is 9.18 Å². The lowest BCUT2D eigenvalue weighted by Gasteiger charge is -2.32. The Balaban J connectivity index is 1.29. The first-order chi connectivity index (χ1) is 16.1. The maximum atomic E-state index is 13.3. The Morgan fingerprint density at radius 2 is 1.70 bits per heavy atom. The van der Waals surface area contributed by atoms with E-state index in [4.69, 9.17) is 0 Å². The first-order valence-corrected chi connectivity index (χ1v) is 11.3. The molecule has 0 atom stereocenters. The third kappa shape index (κ3) is 4.31. The van der Waals surface area contributed by atoms with Crippen molar-refractivity contribution in [3.63, 3.8) is 0 Å². The first kappa shape index (κ1) is 21.1. The third-order valence-corrected chi connectivity index (χ3v) is 6.58. The van der Waals surface area contributed by atoms with Crippen molar-refractivity contribution >= 4 is 5.91 Å². The standard InChI is InChI=1S/C28H26FN3O/c1-19-5-2-3-8-25(19)26-18-30-31-27(26)21-13-15-32(16-14-21)28(33)23-7-4-6-22(17-23)20-9-11-24(29)12-10-20/h2-12,17-18,21H,13-16H2,1H3,(H,30,31). The molecule has 0 aliphatic carbocycles. The van der Waals surface area contributed by atoms with Crippen LogP contribution in [0.15, 0.2) is 79.0 Å². The van der Waals surface area contributed by atoms with Gasteiger partial charge in [-0.3, -0.25) is 9.89 Å². The van der Waals surface area contributed by atoms with E-state index in [9.17, 15) is 9.18 Å². The van der Waals surface area contributed by atoms with E-state index in [1.807, 2.05) is 41.4 Å². The zero-order valence-electron chi connectivity index (χ0n) is 18.6. The summed E-state index contributed by atoms with van der Waals surface area (Å²) in [5.41, 5.74) is 7.23. The van der Waals surface area contributed by atoms with Crippen LogP contribution in [0.25, 0.3) is 22.3 Å². The average molecular weight is 440 g/mol. The summed E-state index contributed by atoms with van der Waals surface area (Å²) in [4.78, 5) is 15.1. The molecule has 0 bridgehead atoms. The second-order valence-electron chi connectivity index (χ2n) is 8.67. The number of benzene rings is 3. The van der Waals surface area contributed by atoms with Crippen molar-refractivity contribution in [2.75, 3.05) is 13.1 Å². The minimum Gasteiger partial charge on any atom is -0.339 e. The molecular formula is C28H26FN3O. The van der Waals surface area contributed by atoms with Crippen molar-refractivity contribution in [1.82, 2.24) is 15.1 Å². The molecule has 1 aliphatic rings. The molecule has 0 saturated carbocycles. The molecule has 4 nitrogen and oxygen atoms in total. The highest BCUT2D eigenvalue weighted by molar-refractivity contribution is 5.95. The van der Waals surface area contributed by atoms with Gasteiger partial charge in [-0.15, -0.1) is 0 Å². The Bertz CT molecular complexity index is 1270. The molecule has 1 amide bonds. The molecule has 3 aromatic carbocycles. The van der Waals surface area contributed by atoms with Gasteiger partial charge in [0.25, 0.3) is 5.91 Å². The topological polar surface area (TPSA) is 49.0 Å². The minimum absolute atomic E-state index is 0.0427. The van der Waals surface area contributed by atoms with Crippen molar-refractivity contribution in [2.24, 2.45) is 0 Å². The number of nitrogens with zero attached hydrogens (tertiary/aromatic N) is 2. The molecule has 5 rings (SSSR count). The normalized spacial score (nSPS) is 14.4. The predicted octanol–water partition coefficient (Wildman–Crippen LogP) is 6.21. The van der Waals surface area contributed by atoms with Crippen molar-refractivity contribution in [3.05, 3.63) is 102 Å². The molecule has 4 aromatic rings. The third-order valence-electron chi connectivity index (χ3n) is 6.58. The number of carbonyl (C=O) groups is 1. The number of hydrogen-bond acceptors (Lipinski definition) is 2. The number of aromatic amines is 1. The van der Waals surface area contributed by atoms with Gasteiger partial charge in [0.15, 0.2) is 0 Å². The number of amides is 1. The Kier molecular flexibility index (Phi) is 5.78. The molecule has 166 valence electrons. The molecule has 0 unspecified atom stereocenters. The van der Waals surface area contributed by atoms with Gasteiger partial charge in [0, 0.05) is 35.8 Å². The van der Waals surface area contributed by atoms with Crippen LogP contribution in [-0.4, -0.2) is 34.1 Å². The average Bonchev–Trinajstić information content (AvgIpc) is 3.34. The fourth-order valence-electron chi connectivity index (χ4n) is 4.73. The monoisotopic (exact) mass is 439 g/mol. The van der Waals surface area contributed by atoms with Crippen molar-refractivity contribution in [2.45, 2.75) is 25.7 Å². The Hall–Kier alpha value is -3.73. The van der Waals surface area contributed by atoms with E-state index >= 15 is 0 Å². The van der Waals surface area contributed by atoms with Gasteiger partial charge < -0.3 is 4.90 Å². The largest absolute Gasteiger partial charge is 0.339 e. The number of nitrogens with one attached hydrogen (secondary N) is 1. The molecule has 1 fully saturated rings. The SMILES string of the molecule is Cc1ccccc1-c1cn[nH]c1C1CCN(C(=O)c2cccc(-c3ccc(F)cc3)c2)CC1. The number of rotatable bonds is 4. The van der Waals surface area contributed by atoms with Crippen LogP contribution in [0.5, 0.6) is 0 Å². The molecule has 1 aliphatic heterocycles. The van der Waals surface area contributed by atoms with E-state index in [0.29, 0.717) is 24.6 Å². The van der Waals surface area contributed by atoms with E-state index in [-0.39, 0.29) is 11.7 Å². The van der Waals surface area contributed by atoms with Gasteiger partial charge in [-0.2, -0.15) is 5.10 Å². The second-order valence-corrected chi connectivity index (χ2v) is 8.67. The summed E-state index contributed by atoms with van der Waals surface area (Å²) < 4.78 is 13.3. The van der Waals surface area contributed by atoms with Crippen LogP contribution >= 0.6 is 0 Å². The molecule has 0 radical (unpaired) electrons. The van der Waals surface area contributed by atoms with E-state index in [1.165, 1.54) is 23.3 Å². The van der Waals surface area contributed by atoms with Gasteiger partial charge in [0.2, 0.25) is 0 Å². The number of carbonyl (C=O) groups excluding carboxylic acids is 1. The Morgan fingerprint density at radius 1 is 0.939 bits per heavy atom. The van der Waals surface area contributed by atoms with Gasteiger partial charge in [0.05, 0.1) is 6.20 Å². The number of likely N-dealkylation sites (tertiary alicyclic amines) is 1. The molecule has 1 saturated heterocycles. The van der Waals surface area contributed by atoms with Crippen LogP contribution in [0, 0.1) is 12.7 Å². The number of aromatic nitrogens is 2. The second kappa shape index (κ2) is 9.02. The highest BCUT2D eigenvalue weighted by Crippen LogP contribution is 2.35. The summed E-state index contributed by atoms with van der Waals surface area (Å²) in [5, 5.41) is 7.56. The van der Waals surface area contributed by atoms with Gasteiger partial charge in [-0.1, -0.05) is 48.5 Å². The number of hydrogen-bond donors (Lipinski definition) is 1. The van der Waals surface area contributed by atoms with E-state index in [1.54, 1.807) is 12.1 Å². The summed E-state index contributed by atoms with van der Waals surface area (Å²) in [5.74, 6) is 0.120. The van der Waals surface area contributed by atoms with Crippen molar-refractivity contribution in [1.29, 1.82) is 0 Å². The molecule has 33 heavy (non-hydrogen) atoms. The van der Waals surface area contributed by atoms with E-state index < -0.39 is 0 Å². The fraction of sp³-hybridized carbons (Fsp3) is 0.214. The van der Waals surface area contributed by atoms with Crippen molar-refractivity contribution in [3.8, 4) is 22.3 Å². The summed E-state index contributed by atoms with van der Waals surface area (Å²) in [6, 6.07) is 22.3. The van der Waals surface area contributed by atoms with Crippen LogP contribution < -0.4 is 0 Å². The van der Waals surface area contributed by atoms with E-state index in [0.717, 1.165) is 35.2 Å². The van der Waals surface area contributed by atoms with Crippen LogP contribution in [0.4, 0.5) is 4.39 Å². The molecular weight excluding hydrogens is 413 g/mol. The smallest absolute Gasteiger partial charge is 0.253 e. The number of halogens is 1. The van der Waals surface area contributed by atoms with E-state index in [2.05, 4.69) is 35.3 Å². The predicted molar refractivity (Wildman–Crippen MR) is 128 cm³/mol. The summed E-state index contributed by atoms with van der Waals surface area (Å²) in [7, 11) is 0. The van der Waals surface area contributed by atoms with Crippen LogP contribution in [-0.2, 0) is 0 Å². The van der Waals surface area contributed by atoms with Crippen LogP contribution in [0.3, 0.4) is 0 Å². The lowest BCUT2D eigenvalue weighted by molar-refractivity contribution is 0.0712. The fourth-order valence-corrected chi connectivity index (χ4v) is 4.73. The maximum absolute atomic E-state index is 13.3. The minimum atomic E-state index is -0.267. The molecule has 1 aromatic heterocycles. The molecule has 2 heterocycles.